The molecular formula is C20H20FN3O2S. The minimum atomic E-state index is -0.295. The summed E-state index contributed by atoms with van der Waals surface area (Å²) in [6.07, 6.45) is 0. The SMILES string of the molecule is COC[C@@H](C)NC(=O)CSc1nnc(-c2ccc(F)cc2)c2ccccc12. The number of hydrogen-bond donors (Lipinski definition) is 1. The zero-order valence-corrected chi connectivity index (χ0v) is 15.9. The number of fused-ring (bicyclic) bond motifs is 1. The second-order valence-corrected chi connectivity index (χ2v) is 7.08. The third kappa shape index (κ3) is 4.81. The number of nitrogens with zero attached hydrogens (tertiary/aromatic N) is 2. The number of benzene rings is 2. The molecule has 0 unspecified atom stereocenters. The molecule has 7 heteroatoms. The van der Waals surface area contributed by atoms with E-state index >= 15 is 0 Å². The zero-order chi connectivity index (χ0) is 19.2. The third-order valence-corrected chi connectivity index (χ3v) is 4.92. The van der Waals surface area contributed by atoms with E-state index in [1.165, 1.54) is 23.9 Å². The maximum absolute atomic E-state index is 13.2. The molecule has 0 saturated carbocycles. The number of carbonyl (C=O) groups is 1. The molecule has 1 atom stereocenters. The quantitative estimate of drug-likeness (QED) is 0.629. The van der Waals surface area contributed by atoms with E-state index in [1.54, 1.807) is 19.2 Å². The molecule has 0 aliphatic rings. The Hall–Kier alpha value is -2.51. The number of nitrogens with one attached hydrogen (secondary N) is 1. The molecule has 3 aromatic rings. The van der Waals surface area contributed by atoms with Crippen molar-refractivity contribution in [3.05, 3.63) is 54.3 Å². The lowest BCUT2D eigenvalue weighted by atomic mass is 10.1. The maximum atomic E-state index is 13.2. The minimum Gasteiger partial charge on any atom is -0.383 e. The monoisotopic (exact) mass is 385 g/mol. The number of halogens is 1. The number of aromatic nitrogens is 2. The van der Waals surface area contributed by atoms with Gasteiger partial charge in [0.05, 0.1) is 12.4 Å². The fraction of sp³-hybridized carbons (Fsp3) is 0.250. The molecular weight excluding hydrogens is 365 g/mol. The summed E-state index contributed by atoms with van der Waals surface area (Å²) in [5, 5.41) is 14.0. The van der Waals surface area contributed by atoms with Crippen LogP contribution >= 0.6 is 11.8 Å². The van der Waals surface area contributed by atoms with Crippen LogP contribution in [0, 0.1) is 5.82 Å². The molecule has 140 valence electrons. The zero-order valence-electron chi connectivity index (χ0n) is 15.1. The highest BCUT2D eigenvalue weighted by Gasteiger charge is 2.13. The third-order valence-electron chi connectivity index (χ3n) is 3.94. The van der Waals surface area contributed by atoms with Crippen molar-refractivity contribution in [2.24, 2.45) is 0 Å². The Morgan fingerprint density at radius 1 is 1.15 bits per heavy atom. The van der Waals surface area contributed by atoms with Gasteiger partial charge in [-0.1, -0.05) is 36.0 Å². The Kier molecular flexibility index (Phi) is 6.36. The fourth-order valence-electron chi connectivity index (χ4n) is 2.75. The topological polar surface area (TPSA) is 64.1 Å². The van der Waals surface area contributed by atoms with Crippen molar-refractivity contribution in [2.45, 2.75) is 18.0 Å². The number of amides is 1. The van der Waals surface area contributed by atoms with Crippen LogP contribution in [0.25, 0.3) is 22.0 Å². The molecule has 27 heavy (non-hydrogen) atoms. The van der Waals surface area contributed by atoms with Gasteiger partial charge in [-0.2, -0.15) is 0 Å². The average Bonchev–Trinajstić information content (AvgIpc) is 2.67. The van der Waals surface area contributed by atoms with Gasteiger partial charge in [0.2, 0.25) is 5.91 Å². The Labute approximate surface area is 161 Å². The molecule has 1 amide bonds. The normalized spacial score (nSPS) is 12.1. The van der Waals surface area contributed by atoms with E-state index in [9.17, 15) is 9.18 Å². The highest BCUT2D eigenvalue weighted by atomic mass is 32.2. The second-order valence-electron chi connectivity index (χ2n) is 6.12. The lowest BCUT2D eigenvalue weighted by molar-refractivity contribution is -0.119. The van der Waals surface area contributed by atoms with Gasteiger partial charge in [0.1, 0.15) is 16.5 Å². The molecule has 1 aromatic heterocycles. The molecule has 0 spiro atoms. The molecule has 1 N–H and O–H groups in total. The van der Waals surface area contributed by atoms with E-state index in [-0.39, 0.29) is 23.5 Å². The predicted molar refractivity (Wildman–Crippen MR) is 105 cm³/mol. The standard InChI is InChI=1S/C20H20FN3O2S/c1-13(11-26-2)22-18(25)12-27-20-17-6-4-3-5-16(17)19(23-24-20)14-7-9-15(21)10-8-14/h3-10,13H,11-12H2,1-2H3,(H,22,25)/t13-/m1/s1. The van der Waals surface area contributed by atoms with Crippen LogP contribution in [-0.4, -0.2) is 41.6 Å². The van der Waals surface area contributed by atoms with Crippen LogP contribution in [0.5, 0.6) is 0 Å². The van der Waals surface area contributed by atoms with Gasteiger partial charge in [-0.15, -0.1) is 10.2 Å². The molecule has 0 fully saturated rings. The van der Waals surface area contributed by atoms with Crippen LogP contribution in [-0.2, 0) is 9.53 Å². The van der Waals surface area contributed by atoms with Crippen LogP contribution in [0.3, 0.4) is 0 Å². The van der Waals surface area contributed by atoms with Crippen molar-refractivity contribution in [1.82, 2.24) is 15.5 Å². The largest absolute Gasteiger partial charge is 0.383 e. The van der Waals surface area contributed by atoms with Crippen LogP contribution in [0.2, 0.25) is 0 Å². The van der Waals surface area contributed by atoms with Gasteiger partial charge in [0, 0.05) is 29.5 Å². The molecule has 0 bridgehead atoms. The van der Waals surface area contributed by atoms with Crippen LogP contribution in [0.4, 0.5) is 4.39 Å². The van der Waals surface area contributed by atoms with E-state index in [1.807, 2.05) is 31.2 Å². The van der Waals surface area contributed by atoms with Crippen molar-refractivity contribution >= 4 is 28.4 Å². The Morgan fingerprint density at radius 3 is 2.56 bits per heavy atom. The molecule has 5 nitrogen and oxygen atoms in total. The van der Waals surface area contributed by atoms with Crippen molar-refractivity contribution in [1.29, 1.82) is 0 Å². The van der Waals surface area contributed by atoms with Crippen molar-refractivity contribution in [3.63, 3.8) is 0 Å². The summed E-state index contributed by atoms with van der Waals surface area (Å²) in [6.45, 7) is 2.35. The summed E-state index contributed by atoms with van der Waals surface area (Å²) >= 11 is 1.34. The summed E-state index contributed by atoms with van der Waals surface area (Å²) in [5.41, 5.74) is 1.48. The van der Waals surface area contributed by atoms with Gasteiger partial charge in [-0.3, -0.25) is 4.79 Å². The molecule has 0 saturated heterocycles. The van der Waals surface area contributed by atoms with Gasteiger partial charge >= 0.3 is 0 Å². The number of ether oxygens (including phenoxy) is 1. The number of methoxy groups -OCH3 is 1. The fourth-order valence-corrected chi connectivity index (χ4v) is 3.53. The summed E-state index contributed by atoms with van der Waals surface area (Å²) in [6, 6.07) is 13.9. The van der Waals surface area contributed by atoms with Crippen molar-refractivity contribution in [2.75, 3.05) is 19.5 Å². The molecule has 0 radical (unpaired) electrons. The molecule has 0 aliphatic heterocycles. The first-order valence-corrected chi connectivity index (χ1v) is 9.49. The van der Waals surface area contributed by atoms with Crippen LogP contribution < -0.4 is 5.32 Å². The van der Waals surface area contributed by atoms with Gasteiger partial charge in [-0.25, -0.2) is 4.39 Å². The van der Waals surface area contributed by atoms with Gasteiger partial charge < -0.3 is 10.1 Å². The lowest BCUT2D eigenvalue weighted by Gasteiger charge is -2.13. The van der Waals surface area contributed by atoms with Crippen molar-refractivity contribution in [3.8, 4) is 11.3 Å². The summed E-state index contributed by atoms with van der Waals surface area (Å²) in [4.78, 5) is 12.1. The van der Waals surface area contributed by atoms with Gasteiger partial charge in [0.25, 0.3) is 0 Å². The average molecular weight is 385 g/mol. The molecule has 2 aromatic carbocycles. The molecule has 1 heterocycles. The smallest absolute Gasteiger partial charge is 0.230 e. The van der Waals surface area contributed by atoms with E-state index < -0.39 is 0 Å². The number of thioether (sulfide) groups is 1. The summed E-state index contributed by atoms with van der Waals surface area (Å²) in [7, 11) is 1.60. The first-order chi connectivity index (χ1) is 13.1. The Morgan fingerprint density at radius 2 is 1.85 bits per heavy atom. The summed E-state index contributed by atoms with van der Waals surface area (Å²) in [5.74, 6) is -0.141. The van der Waals surface area contributed by atoms with Crippen LogP contribution in [0.1, 0.15) is 6.92 Å². The predicted octanol–water partition coefficient (Wildman–Crippen LogP) is 3.68. The molecule has 0 aliphatic carbocycles. The minimum absolute atomic E-state index is 0.0493. The second kappa shape index (κ2) is 8.92. The van der Waals surface area contributed by atoms with E-state index in [0.717, 1.165) is 16.3 Å². The first-order valence-electron chi connectivity index (χ1n) is 8.51. The van der Waals surface area contributed by atoms with Crippen molar-refractivity contribution < 1.29 is 13.9 Å². The number of rotatable bonds is 7. The highest BCUT2D eigenvalue weighted by molar-refractivity contribution is 8.00. The van der Waals surface area contributed by atoms with Gasteiger partial charge in [0.15, 0.2) is 0 Å². The molecule has 3 rings (SSSR count). The maximum Gasteiger partial charge on any atom is 0.230 e. The van der Waals surface area contributed by atoms with Gasteiger partial charge in [-0.05, 0) is 31.2 Å². The highest BCUT2D eigenvalue weighted by Crippen LogP contribution is 2.31. The lowest BCUT2D eigenvalue weighted by Crippen LogP contribution is -2.36. The Balaban J connectivity index is 1.83. The van der Waals surface area contributed by atoms with Crippen LogP contribution in [0.15, 0.2) is 53.6 Å². The summed E-state index contributed by atoms with van der Waals surface area (Å²) < 4.78 is 18.2. The number of hydrogen-bond acceptors (Lipinski definition) is 5. The Bertz CT molecular complexity index is 934. The van der Waals surface area contributed by atoms with E-state index in [2.05, 4.69) is 15.5 Å². The first kappa shape index (κ1) is 19.3. The number of carbonyl (C=O) groups excluding carboxylic acids is 1. The van der Waals surface area contributed by atoms with E-state index in [0.29, 0.717) is 17.3 Å². The van der Waals surface area contributed by atoms with E-state index in [4.69, 9.17) is 4.74 Å².